The van der Waals surface area contributed by atoms with Crippen molar-refractivity contribution >= 4 is 22.4 Å². The second kappa shape index (κ2) is 6.95. The summed E-state index contributed by atoms with van der Waals surface area (Å²) in [6.45, 7) is 2.68. The fraction of sp³-hybridized carbons (Fsp3) is 0.261. The number of anilines is 1. The van der Waals surface area contributed by atoms with Gasteiger partial charge < -0.3 is 14.4 Å². The average molecular weight is 361 g/mol. The van der Waals surface area contributed by atoms with Crippen LogP contribution in [0.3, 0.4) is 0 Å². The summed E-state index contributed by atoms with van der Waals surface area (Å²) in [5.74, 6) is 1.44. The zero-order valence-electron chi connectivity index (χ0n) is 15.9. The highest BCUT2D eigenvalue weighted by molar-refractivity contribution is 6.03. The third kappa shape index (κ3) is 2.72. The van der Waals surface area contributed by atoms with Gasteiger partial charge in [0, 0.05) is 30.1 Å². The molecule has 4 rings (SSSR count). The first kappa shape index (κ1) is 17.4. The monoisotopic (exact) mass is 361 g/mol. The Hall–Kier alpha value is -3.01. The number of ether oxygens (including phenoxy) is 2. The summed E-state index contributed by atoms with van der Waals surface area (Å²) < 4.78 is 11.2. The lowest BCUT2D eigenvalue weighted by Gasteiger charge is -2.35. The van der Waals surface area contributed by atoms with Crippen molar-refractivity contribution in [3.63, 3.8) is 0 Å². The Kier molecular flexibility index (Phi) is 4.48. The molecule has 0 spiro atoms. The lowest BCUT2D eigenvalue weighted by molar-refractivity contribution is -0.119. The molecule has 0 N–H and O–H groups in total. The largest absolute Gasteiger partial charge is 0.493 e. The number of hydrogen-bond acceptors (Lipinski definition) is 3. The van der Waals surface area contributed by atoms with E-state index < -0.39 is 0 Å². The van der Waals surface area contributed by atoms with Crippen molar-refractivity contribution < 1.29 is 14.3 Å². The van der Waals surface area contributed by atoms with Gasteiger partial charge in [-0.15, -0.1) is 0 Å². The van der Waals surface area contributed by atoms with Crippen LogP contribution in [0.5, 0.6) is 11.5 Å². The molecule has 0 aromatic heterocycles. The Morgan fingerprint density at radius 2 is 1.81 bits per heavy atom. The molecule has 3 aromatic carbocycles. The van der Waals surface area contributed by atoms with Crippen LogP contribution in [0.2, 0.25) is 0 Å². The Balaban J connectivity index is 2.02. The number of methoxy groups -OCH3 is 2. The lowest BCUT2D eigenvalue weighted by Crippen LogP contribution is -2.37. The fourth-order valence-electron chi connectivity index (χ4n) is 4.21. The Bertz CT molecular complexity index is 1010. The van der Waals surface area contributed by atoms with Crippen LogP contribution in [0.4, 0.5) is 5.69 Å². The Morgan fingerprint density at radius 1 is 1.00 bits per heavy atom. The van der Waals surface area contributed by atoms with Crippen LogP contribution in [0, 0.1) is 0 Å². The lowest BCUT2D eigenvalue weighted by atomic mass is 9.80. The zero-order chi connectivity index (χ0) is 19.0. The first-order chi connectivity index (χ1) is 13.2. The van der Waals surface area contributed by atoms with Crippen LogP contribution >= 0.6 is 0 Å². The summed E-state index contributed by atoms with van der Waals surface area (Å²) >= 11 is 0. The number of fused-ring (bicyclic) bond motifs is 3. The summed E-state index contributed by atoms with van der Waals surface area (Å²) in [6, 6.07) is 18.4. The van der Waals surface area contributed by atoms with E-state index in [1.54, 1.807) is 14.2 Å². The molecule has 4 heteroatoms. The van der Waals surface area contributed by atoms with Crippen LogP contribution in [0.25, 0.3) is 10.8 Å². The van der Waals surface area contributed by atoms with Gasteiger partial charge in [-0.3, -0.25) is 4.79 Å². The van der Waals surface area contributed by atoms with E-state index in [4.69, 9.17) is 9.47 Å². The van der Waals surface area contributed by atoms with Crippen molar-refractivity contribution in [2.24, 2.45) is 0 Å². The summed E-state index contributed by atoms with van der Waals surface area (Å²) in [4.78, 5) is 14.8. The van der Waals surface area contributed by atoms with Crippen LogP contribution in [-0.4, -0.2) is 26.7 Å². The maximum absolute atomic E-state index is 12.9. The van der Waals surface area contributed by atoms with E-state index in [0.29, 0.717) is 24.5 Å². The molecular weight excluding hydrogens is 338 g/mol. The molecule has 0 bridgehead atoms. The highest BCUT2D eigenvalue weighted by Gasteiger charge is 2.34. The number of nitrogens with zero attached hydrogens (tertiary/aromatic N) is 1. The van der Waals surface area contributed by atoms with Crippen molar-refractivity contribution in [1.82, 2.24) is 0 Å². The second-order valence-corrected chi connectivity index (χ2v) is 6.70. The molecule has 1 aliphatic rings. The van der Waals surface area contributed by atoms with Gasteiger partial charge >= 0.3 is 0 Å². The van der Waals surface area contributed by atoms with E-state index in [1.807, 2.05) is 36.1 Å². The molecule has 1 unspecified atom stereocenters. The van der Waals surface area contributed by atoms with Gasteiger partial charge in [-0.1, -0.05) is 42.5 Å². The molecule has 0 saturated heterocycles. The molecule has 0 fully saturated rings. The fourth-order valence-corrected chi connectivity index (χ4v) is 4.21. The highest BCUT2D eigenvalue weighted by Crippen LogP contribution is 2.47. The number of para-hydroxylation sites is 1. The minimum Gasteiger partial charge on any atom is -0.493 e. The van der Waals surface area contributed by atoms with E-state index in [1.165, 1.54) is 16.3 Å². The summed E-state index contributed by atoms with van der Waals surface area (Å²) in [5, 5.41) is 2.35. The third-order valence-electron chi connectivity index (χ3n) is 5.39. The van der Waals surface area contributed by atoms with E-state index in [0.717, 1.165) is 11.3 Å². The van der Waals surface area contributed by atoms with Crippen molar-refractivity contribution in [1.29, 1.82) is 0 Å². The summed E-state index contributed by atoms with van der Waals surface area (Å²) in [6.07, 6.45) is 0.415. The van der Waals surface area contributed by atoms with Gasteiger partial charge in [-0.25, -0.2) is 0 Å². The molecule has 0 radical (unpaired) electrons. The molecule has 27 heavy (non-hydrogen) atoms. The molecule has 0 aliphatic carbocycles. The van der Waals surface area contributed by atoms with Gasteiger partial charge in [0.15, 0.2) is 11.5 Å². The number of carbonyl (C=O) groups is 1. The van der Waals surface area contributed by atoms with Gasteiger partial charge in [0.1, 0.15) is 0 Å². The number of amides is 1. The van der Waals surface area contributed by atoms with Crippen molar-refractivity contribution in [2.45, 2.75) is 19.3 Å². The van der Waals surface area contributed by atoms with Gasteiger partial charge in [-0.05, 0) is 35.4 Å². The van der Waals surface area contributed by atoms with Crippen molar-refractivity contribution in [2.75, 3.05) is 25.7 Å². The van der Waals surface area contributed by atoms with E-state index in [9.17, 15) is 4.79 Å². The molecule has 138 valence electrons. The minimum atomic E-state index is -0.0774. The summed E-state index contributed by atoms with van der Waals surface area (Å²) in [5.41, 5.74) is 3.15. The summed E-state index contributed by atoms with van der Waals surface area (Å²) in [7, 11) is 3.28. The standard InChI is InChI=1S/C23H23NO3/c1-4-24-19-13-12-15-8-5-6-9-16(15)22(19)18(14-21(24)25)17-10-7-11-20(26-2)23(17)27-3/h5-13,18H,4,14H2,1-3H3. The molecule has 1 atom stereocenters. The third-order valence-corrected chi connectivity index (χ3v) is 5.39. The molecular formula is C23H23NO3. The first-order valence-electron chi connectivity index (χ1n) is 9.22. The quantitative estimate of drug-likeness (QED) is 0.673. The molecule has 1 heterocycles. The van der Waals surface area contributed by atoms with E-state index in [-0.39, 0.29) is 11.8 Å². The number of carbonyl (C=O) groups excluding carboxylic acids is 1. The SMILES string of the molecule is CCN1C(=O)CC(c2cccc(OC)c2OC)c2c1ccc1ccccc21. The van der Waals surface area contributed by atoms with Crippen LogP contribution in [0.15, 0.2) is 54.6 Å². The van der Waals surface area contributed by atoms with E-state index in [2.05, 4.69) is 30.3 Å². The molecule has 0 saturated carbocycles. The van der Waals surface area contributed by atoms with Crippen molar-refractivity contribution in [3.05, 3.63) is 65.7 Å². The smallest absolute Gasteiger partial charge is 0.227 e. The molecule has 1 amide bonds. The average Bonchev–Trinajstić information content (AvgIpc) is 2.72. The maximum atomic E-state index is 12.9. The normalized spacial score (nSPS) is 16.3. The number of hydrogen-bond donors (Lipinski definition) is 0. The first-order valence-corrected chi connectivity index (χ1v) is 9.22. The van der Waals surface area contributed by atoms with Crippen molar-refractivity contribution in [3.8, 4) is 11.5 Å². The van der Waals surface area contributed by atoms with Gasteiger partial charge in [0.25, 0.3) is 0 Å². The van der Waals surface area contributed by atoms with Crippen LogP contribution < -0.4 is 14.4 Å². The molecule has 1 aliphatic heterocycles. The topological polar surface area (TPSA) is 38.8 Å². The van der Waals surface area contributed by atoms with Crippen LogP contribution in [0.1, 0.15) is 30.4 Å². The zero-order valence-corrected chi connectivity index (χ0v) is 15.9. The Morgan fingerprint density at radius 3 is 2.56 bits per heavy atom. The van der Waals surface area contributed by atoms with Gasteiger partial charge in [0.05, 0.1) is 14.2 Å². The van der Waals surface area contributed by atoms with Crippen LogP contribution in [-0.2, 0) is 4.79 Å². The van der Waals surface area contributed by atoms with E-state index >= 15 is 0 Å². The highest BCUT2D eigenvalue weighted by atomic mass is 16.5. The minimum absolute atomic E-state index is 0.0774. The number of benzene rings is 3. The molecule has 3 aromatic rings. The van der Waals surface area contributed by atoms with Gasteiger partial charge in [0.2, 0.25) is 5.91 Å². The second-order valence-electron chi connectivity index (χ2n) is 6.70. The number of rotatable bonds is 4. The maximum Gasteiger partial charge on any atom is 0.227 e. The van der Waals surface area contributed by atoms with Gasteiger partial charge in [-0.2, -0.15) is 0 Å². The Labute approximate surface area is 159 Å². The molecule has 4 nitrogen and oxygen atoms in total. The predicted molar refractivity (Wildman–Crippen MR) is 108 cm³/mol. The predicted octanol–water partition coefficient (Wildman–Crippen LogP) is 4.75.